The van der Waals surface area contributed by atoms with Crippen LogP contribution in [-0.2, 0) is 18.3 Å². The first-order valence-corrected chi connectivity index (χ1v) is 6.93. The first-order chi connectivity index (χ1) is 9.06. The van der Waals surface area contributed by atoms with Gasteiger partial charge in [0.05, 0.1) is 11.4 Å². The van der Waals surface area contributed by atoms with Crippen molar-refractivity contribution in [3.05, 3.63) is 47.5 Å². The molecule has 0 spiro atoms. The summed E-state index contributed by atoms with van der Waals surface area (Å²) in [5.41, 5.74) is 1.78. The van der Waals surface area contributed by atoms with E-state index in [1.54, 1.807) is 22.9 Å². The average molecular weight is 278 g/mol. The lowest BCUT2D eigenvalue weighted by molar-refractivity contribution is -0.116. The van der Waals surface area contributed by atoms with Crippen molar-refractivity contribution in [3.63, 3.8) is 0 Å². The van der Waals surface area contributed by atoms with Gasteiger partial charge in [-0.3, -0.25) is 9.48 Å². The maximum Gasteiger partial charge on any atom is 0.149 e. The zero-order valence-corrected chi connectivity index (χ0v) is 11.7. The molecular formula is C14H15FN2OS. The van der Waals surface area contributed by atoms with Gasteiger partial charge in [-0.25, -0.2) is 4.39 Å². The van der Waals surface area contributed by atoms with Gasteiger partial charge >= 0.3 is 0 Å². The number of benzene rings is 1. The van der Waals surface area contributed by atoms with Crippen LogP contribution in [0.5, 0.6) is 0 Å². The third kappa shape index (κ3) is 3.67. The van der Waals surface area contributed by atoms with Gasteiger partial charge in [-0.05, 0) is 25.1 Å². The highest BCUT2D eigenvalue weighted by atomic mass is 32.2. The minimum absolute atomic E-state index is 0.0660. The summed E-state index contributed by atoms with van der Waals surface area (Å²) in [5, 5.41) is 4.19. The highest BCUT2D eigenvalue weighted by Crippen LogP contribution is 2.21. The number of ketones is 1. The quantitative estimate of drug-likeness (QED) is 0.789. The zero-order chi connectivity index (χ0) is 13.8. The number of halogens is 1. The number of carbonyl (C=O) groups is 1. The summed E-state index contributed by atoms with van der Waals surface area (Å²) in [5.74, 6) is 0.0541. The number of aromatic nitrogens is 2. The SMILES string of the molecule is Cc1cc(CC(=O)CSc2ccccc2F)n(C)n1. The first kappa shape index (κ1) is 13.8. The van der Waals surface area contributed by atoms with Crippen molar-refractivity contribution < 1.29 is 9.18 Å². The molecule has 1 aromatic heterocycles. The maximum atomic E-state index is 13.4. The number of Topliss-reactive ketones (excluding diaryl/α,β-unsaturated/α-hetero) is 1. The number of hydrogen-bond acceptors (Lipinski definition) is 3. The number of hydrogen-bond donors (Lipinski definition) is 0. The molecule has 0 saturated carbocycles. The van der Waals surface area contributed by atoms with E-state index >= 15 is 0 Å². The van der Waals surface area contributed by atoms with E-state index in [0.717, 1.165) is 11.4 Å². The van der Waals surface area contributed by atoms with Crippen LogP contribution in [0.1, 0.15) is 11.4 Å². The Kier molecular flexibility index (Phi) is 4.37. The summed E-state index contributed by atoms with van der Waals surface area (Å²) in [6.45, 7) is 1.89. The fraction of sp³-hybridized carbons (Fsp3) is 0.286. The van der Waals surface area contributed by atoms with Crippen LogP contribution in [0.15, 0.2) is 35.2 Å². The van der Waals surface area contributed by atoms with Crippen LogP contribution in [0.2, 0.25) is 0 Å². The summed E-state index contributed by atoms with van der Waals surface area (Å²) >= 11 is 1.23. The first-order valence-electron chi connectivity index (χ1n) is 5.95. The van der Waals surface area contributed by atoms with E-state index in [1.165, 1.54) is 17.8 Å². The molecule has 0 bridgehead atoms. The zero-order valence-electron chi connectivity index (χ0n) is 10.9. The Balaban J connectivity index is 1.92. The molecule has 5 heteroatoms. The van der Waals surface area contributed by atoms with Gasteiger partial charge in [0.15, 0.2) is 0 Å². The number of carbonyl (C=O) groups excluding carboxylic acids is 1. The smallest absolute Gasteiger partial charge is 0.149 e. The Morgan fingerprint density at radius 2 is 2.16 bits per heavy atom. The molecule has 0 amide bonds. The molecule has 0 atom stereocenters. The maximum absolute atomic E-state index is 13.4. The molecule has 0 unspecified atom stereocenters. The molecule has 0 radical (unpaired) electrons. The number of nitrogens with zero attached hydrogens (tertiary/aromatic N) is 2. The molecule has 0 fully saturated rings. The van der Waals surface area contributed by atoms with E-state index in [9.17, 15) is 9.18 Å². The number of rotatable bonds is 5. The van der Waals surface area contributed by atoms with Crippen LogP contribution in [0.25, 0.3) is 0 Å². The lowest BCUT2D eigenvalue weighted by Crippen LogP contribution is -2.09. The van der Waals surface area contributed by atoms with Crippen LogP contribution in [0.3, 0.4) is 0 Å². The third-order valence-electron chi connectivity index (χ3n) is 2.70. The minimum atomic E-state index is -0.281. The van der Waals surface area contributed by atoms with Crippen LogP contribution in [0, 0.1) is 12.7 Å². The van der Waals surface area contributed by atoms with Crippen molar-refractivity contribution in [1.29, 1.82) is 0 Å². The summed E-state index contributed by atoms with van der Waals surface area (Å²) < 4.78 is 15.1. The minimum Gasteiger partial charge on any atom is -0.298 e. The predicted octanol–water partition coefficient (Wildman–Crippen LogP) is 2.77. The van der Waals surface area contributed by atoms with Gasteiger partial charge in [-0.1, -0.05) is 12.1 Å². The summed E-state index contributed by atoms with van der Waals surface area (Å²) in [4.78, 5) is 12.4. The topological polar surface area (TPSA) is 34.9 Å². The van der Waals surface area contributed by atoms with E-state index in [-0.39, 0.29) is 17.4 Å². The highest BCUT2D eigenvalue weighted by molar-refractivity contribution is 8.00. The Bertz CT molecular complexity index is 595. The molecule has 2 aromatic rings. The van der Waals surface area contributed by atoms with Crippen LogP contribution >= 0.6 is 11.8 Å². The van der Waals surface area contributed by atoms with E-state index in [1.807, 2.05) is 20.0 Å². The molecule has 0 aliphatic rings. The number of aryl methyl sites for hydroxylation is 2. The monoisotopic (exact) mass is 278 g/mol. The van der Waals surface area contributed by atoms with Crippen molar-refractivity contribution in [3.8, 4) is 0 Å². The van der Waals surface area contributed by atoms with E-state index in [4.69, 9.17) is 0 Å². The molecule has 0 aliphatic heterocycles. The molecular weight excluding hydrogens is 263 g/mol. The largest absolute Gasteiger partial charge is 0.298 e. The van der Waals surface area contributed by atoms with E-state index < -0.39 is 0 Å². The van der Waals surface area contributed by atoms with E-state index in [0.29, 0.717) is 11.3 Å². The Hall–Kier alpha value is -1.62. The second kappa shape index (κ2) is 6.02. The molecule has 0 saturated heterocycles. The van der Waals surface area contributed by atoms with Crippen LogP contribution in [0.4, 0.5) is 4.39 Å². The van der Waals surface area contributed by atoms with Crippen molar-refractivity contribution in [1.82, 2.24) is 9.78 Å². The van der Waals surface area contributed by atoms with Gasteiger partial charge in [0.2, 0.25) is 0 Å². The van der Waals surface area contributed by atoms with Gasteiger partial charge in [0.25, 0.3) is 0 Å². The molecule has 1 heterocycles. The fourth-order valence-corrected chi connectivity index (χ4v) is 2.60. The van der Waals surface area contributed by atoms with Gasteiger partial charge in [-0.2, -0.15) is 5.10 Å². The number of thioether (sulfide) groups is 1. The summed E-state index contributed by atoms with van der Waals surface area (Å²) in [6.07, 6.45) is 0.332. The highest BCUT2D eigenvalue weighted by Gasteiger charge is 2.10. The van der Waals surface area contributed by atoms with E-state index in [2.05, 4.69) is 5.10 Å². The summed E-state index contributed by atoms with van der Waals surface area (Å²) in [7, 11) is 1.82. The van der Waals surface area contributed by atoms with Gasteiger partial charge < -0.3 is 0 Å². The predicted molar refractivity (Wildman–Crippen MR) is 73.8 cm³/mol. The van der Waals surface area contributed by atoms with Gasteiger partial charge in [0, 0.05) is 24.1 Å². The normalized spacial score (nSPS) is 10.7. The van der Waals surface area contributed by atoms with Crippen molar-refractivity contribution >= 4 is 17.5 Å². The molecule has 0 N–H and O–H groups in total. The van der Waals surface area contributed by atoms with Gasteiger partial charge in [-0.15, -0.1) is 11.8 Å². The fourth-order valence-electron chi connectivity index (χ4n) is 1.80. The average Bonchev–Trinajstić information content (AvgIpc) is 2.67. The second-order valence-corrected chi connectivity index (χ2v) is 5.35. The van der Waals surface area contributed by atoms with Gasteiger partial charge in [0.1, 0.15) is 11.6 Å². The third-order valence-corrected chi connectivity index (χ3v) is 3.81. The standard InChI is InChI=1S/C14H15FN2OS/c1-10-7-11(17(2)16-10)8-12(18)9-19-14-6-4-3-5-13(14)15/h3-7H,8-9H2,1-2H3. The van der Waals surface area contributed by atoms with Crippen LogP contribution < -0.4 is 0 Å². The Labute approximate surface area is 115 Å². The molecule has 3 nitrogen and oxygen atoms in total. The van der Waals surface area contributed by atoms with Crippen molar-refractivity contribution in [2.75, 3.05) is 5.75 Å². The summed E-state index contributed by atoms with van der Waals surface area (Å²) in [6, 6.07) is 8.38. The Morgan fingerprint density at radius 3 is 2.79 bits per heavy atom. The van der Waals surface area contributed by atoms with Crippen LogP contribution in [-0.4, -0.2) is 21.3 Å². The molecule has 2 rings (SSSR count). The molecule has 100 valence electrons. The second-order valence-electron chi connectivity index (χ2n) is 4.34. The Morgan fingerprint density at radius 1 is 1.42 bits per heavy atom. The van der Waals surface area contributed by atoms with Crippen molar-refractivity contribution in [2.24, 2.45) is 7.05 Å². The molecule has 1 aromatic carbocycles. The van der Waals surface area contributed by atoms with Crippen molar-refractivity contribution in [2.45, 2.75) is 18.2 Å². The molecule has 0 aliphatic carbocycles. The lowest BCUT2D eigenvalue weighted by Gasteiger charge is -2.03. The lowest BCUT2D eigenvalue weighted by atomic mass is 10.2. The molecule has 19 heavy (non-hydrogen) atoms.